The SMILES string of the molecule is O=Cc1ccnc2nc(N3CCCCC3)sc12. The molecule has 0 atom stereocenters. The zero-order valence-corrected chi connectivity index (χ0v) is 10.2. The van der Waals surface area contributed by atoms with E-state index in [2.05, 4.69) is 14.9 Å². The second-order valence-corrected chi connectivity index (χ2v) is 5.19. The van der Waals surface area contributed by atoms with Gasteiger partial charge in [0.2, 0.25) is 0 Å². The third-order valence-electron chi connectivity index (χ3n) is 3.06. The van der Waals surface area contributed by atoms with Gasteiger partial charge in [-0.1, -0.05) is 11.3 Å². The molecule has 17 heavy (non-hydrogen) atoms. The summed E-state index contributed by atoms with van der Waals surface area (Å²) < 4.78 is 0.906. The van der Waals surface area contributed by atoms with Gasteiger partial charge < -0.3 is 4.90 Å². The van der Waals surface area contributed by atoms with E-state index in [1.807, 2.05) is 0 Å². The first-order chi connectivity index (χ1) is 8.38. The van der Waals surface area contributed by atoms with Crippen LogP contribution in [0.2, 0.25) is 0 Å². The van der Waals surface area contributed by atoms with Gasteiger partial charge in [-0.3, -0.25) is 4.79 Å². The minimum Gasteiger partial charge on any atom is -0.348 e. The first-order valence-corrected chi connectivity index (χ1v) is 6.66. The van der Waals surface area contributed by atoms with Crippen molar-refractivity contribution >= 4 is 33.1 Å². The molecule has 4 nitrogen and oxygen atoms in total. The van der Waals surface area contributed by atoms with E-state index in [9.17, 15) is 4.79 Å². The number of carbonyl (C=O) groups excluding carboxylic acids is 1. The summed E-state index contributed by atoms with van der Waals surface area (Å²) in [6, 6.07) is 1.74. The Hall–Kier alpha value is -1.49. The van der Waals surface area contributed by atoms with Crippen molar-refractivity contribution in [3.05, 3.63) is 17.8 Å². The molecular weight excluding hydrogens is 234 g/mol. The van der Waals surface area contributed by atoms with Crippen LogP contribution in [0.3, 0.4) is 0 Å². The van der Waals surface area contributed by atoms with Crippen LogP contribution >= 0.6 is 11.3 Å². The Bertz CT molecular complexity index is 546. The summed E-state index contributed by atoms with van der Waals surface area (Å²) in [7, 11) is 0. The number of pyridine rings is 1. The minimum absolute atomic E-state index is 0.691. The Kier molecular flexibility index (Phi) is 2.76. The van der Waals surface area contributed by atoms with Crippen LogP contribution < -0.4 is 4.90 Å². The molecule has 2 aromatic heterocycles. The average Bonchev–Trinajstić information content (AvgIpc) is 2.83. The van der Waals surface area contributed by atoms with E-state index < -0.39 is 0 Å². The Morgan fingerprint density at radius 1 is 1.29 bits per heavy atom. The molecule has 0 radical (unpaired) electrons. The fraction of sp³-hybridized carbons (Fsp3) is 0.417. The van der Waals surface area contributed by atoms with Crippen LogP contribution in [0.1, 0.15) is 29.6 Å². The van der Waals surface area contributed by atoms with Crippen LogP contribution in [0.15, 0.2) is 12.3 Å². The van der Waals surface area contributed by atoms with Crippen molar-refractivity contribution in [2.75, 3.05) is 18.0 Å². The van der Waals surface area contributed by atoms with E-state index in [1.54, 1.807) is 23.6 Å². The van der Waals surface area contributed by atoms with E-state index in [0.717, 1.165) is 29.2 Å². The van der Waals surface area contributed by atoms with Gasteiger partial charge in [0.25, 0.3) is 0 Å². The highest BCUT2D eigenvalue weighted by atomic mass is 32.1. The number of thiazole rings is 1. The smallest absolute Gasteiger partial charge is 0.188 e. The number of carbonyl (C=O) groups is 1. The number of anilines is 1. The first-order valence-electron chi connectivity index (χ1n) is 5.84. The van der Waals surface area contributed by atoms with Gasteiger partial charge in [0.15, 0.2) is 17.1 Å². The summed E-state index contributed by atoms with van der Waals surface area (Å²) in [5.41, 5.74) is 1.39. The number of hydrogen-bond donors (Lipinski definition) is 0. The largest absolute Gasteiger partial charge is 0.348 e. The number of piperidine rings is 1. The number of aldehydes is 1. The van der Waals surface area contributed by atoms with E-state index >= 15 is 0 Å². The number of aromatic nitrogens is 2. The van der Waals surface area contributed by atoms with Gasteiger partial charge >= 0.3 is 0 Å². The van der Waals surface area contributed by atoms with E-state index in [0.29, 0.717) is 11.2 Å². The van der Waals surface area contributed by atoms with Crippen LogP contribution in [-0.2, 0) is 0 Å². The van der Waals surface area contributed by atoms with Crippen molar-refractivity contribution in [2.45, 2.75) is 19.3 Å². The molecular formula is C12H13N3OS. The summed E-state index contributed by atoms with van der Waals surface area (Å²) in [5, 5.41) is 1.00. The lowest BCUT2D eigenvalue weighted by Crippen LogP contribution is -2.29. The zero-order chi connectivity index (χ0) is 11.7. The summed E-state index contributed by atoms with van der Waals surface area (Å²) in [4.78, 5) is 22.0. The number of fused-ring (bicyclic) bond motifs is 1. The second-order valence-electron chi connectivity index (χ2n) is 4.21. The molecule has 2 aromatic rings. The third kappa shape index (κ3) is 1.91. The average molecular weight is 247 g/mol. The lowest BCUT2D eigenvalue weighted by molar-refractivity contribution is 0.112. The molecule has 0 spiro atoms. The monoisotopic (exact) mass is 247 g/mol. The Labute approximate surface area is 103 Å². The molecule has 1 aliphatic rings. The topological polar surface area (TPSA) is 46.1 Å². The van der Waals surface area contributed by atoms with Gasteiger partial charge in [0, 0.05) is 24.8 Å². The molecule has 1 fully saturated rings. The highest BCUT2D eigenvalue weighted by molar-refractivity contribution is 7.22. The number of rotatable bonds is 2. The zero-order valence-electron chi connectivity index (χ0n) is 9.43. The van der Waals surface area contributed by atoms with Crippen LogP contribution in [0.4, 0.5) is 5.13 Å². The van der Waals surface area contributed by atoms with E-state index in [1.165, 1.54) is 19.3 Å². The maximum Gasteiger partial charge on any atom is 0.188 e. The van der Waals surface area contributed by atoms with Crippen LogP contribution in [0, 0.1) is 0 Å². The highest BCUT2D eigenvalue weighted by Crippen LogP contribution is 2.30. The maximum absolute atomic E-state index is 10.9. The number of nitrogens with zero attached hydrogens (tertiary/aromatic N) is 3. The van der Waals surface area contributed by atoms with Crippen molar-refractivity contribution in [3.63, 3.8) is 0 Å². The Morgan fingerprint density at radius 2 is 2.12 bits per heavy atom. The third-order valence-corrected chi connectivity index (χ3v) is 4.22. The van der Waals surface area contributed by atoms with Gasteiger partial charge in [-0.05, 0) is 25.3 Å². The van der Waals surface area contributed by atoms with Crippen molar-refractivity contribution in [2.24, 2.45) is 0 Å². The molecule has 0 bridgehead atoms. The lowest BCUT2D eigenvalue weighted by Gasteiger charge is -2.25. The van der Waals surface area contributed by atoms with Gasteiger partial charge in [-0.2, -0.15) is 4.98 Å². The van der Waals surface area contributed by atoms with Gasteiger partial charge in [-0.15, -0.1) is 0 Å². The molecule has 0 aliphatic carbocycles. The molecule has 3 rings (SSSR count). The van der Waals surface area contributed by atoms with Gasteiger partial charge in [0.1, 0.15) is 0 Å². The van der Waals surface area contributed by atoms with E-state index in [-0.39, 0.29) is 0 Å². The van der Waals surface area contributed by atoms with Crippen molar-refractivity contribution in [1.29, 1.82) is 0 Å². The predicted octanol–water partition coefficient (Wildman–Crippen LogP) is 2.49. The molecule has 0 aromatic carbocycles. The van der Waals surface area contributed by atoms with Crippen molar-refractivity contribution in [3.8, 4) is 0 Å². The standard InChI is InChI=1S/C12H13N3OS/c16-8-9-4-5-13-11-10(9)17-12(14-11)15-6-2-1-3-7-15/h4-5,8H,1-3,6-7H2. The minimum atomic E-state index is 0.691. The summed E-state index contributed by atoms with van der Waals surface area (Å²) in [5.74, 6) is 0. The molecule has 3 heterocycles. The van der Waals surface area contributed by atoms with Crippen LogP contribution in [-0.4, -0.2) is 29.3 Å². The molecule has 1 saturated heterocycles. The molecule has 88 valence electrons. The molecule has 1 aliphatic heterocycles. The van der Waals surface area contributed by atoms with Crippen LogP contribution in [0.5, 0.6) is 0 Å². The van der Waals surface area contributed by atoms with Gasteiger partial charge in [0.05, 0.1) is 4.70 Å². The molecule has 0 N–H and O–H groups in total. The van der Waals surface area contributed by atoms with Crippen molar-refractivity contribution in [1.82, 2.24) is 9.97 Å². The van der Waals surface area contributed by atoms with E-state index in [4.69, 9.17) is 0 Å². The Morgan fingerprint density at radius 3 is 2.88 bits per heavy atom. The highest BCUT2D eigenvalue weighted by Gasteiger charge is 2.16. The fourth-order valence-corrected chi connectivity index (χ4v) is 3.20. The van der Waals surface area contributed by atoms with Crippen LogP contribution in [0.25, 0.3) is 10.3 Å². The first kappa shape index (κ1) is 10.7. The fourth-order valence-electron chi connectivity index (χ4n) is 2.15. The molecule has 0 saturated carbocycles. The van der Waals surface area contributed by atoms with Gasteiger partial charge in [-0.25, -0.2) is 4.98 Å². The van der Waals surface area contributed by atoms with Crippen molar-refractivity contribution < 1.29 is 4.79 Å². The summed E-state index contributed by atoms with van der Waals surface area (Å²) in [6.07, 6.45) is 6.28. The molecule has 0 amide bonds. The summed E-state index contributed by atoms with van der Waals surface area (Å²) in [6.45, 7) is 2.13. The second kappa shape index (κ2) is 4.41. The normalized spacial score (nSPS) is 16.4. The number of hydrogen-bond acceptors (Lipinski definition) is 5. The predicted molar refractivity (Wildman–Crippen MR) is 68.9 cm³/mol. The molecule has 0 unspecified atom stereocenters. The lowest BCUT2D eigenvalue weighted by atomic mass is 10.1. The maximum atomic E-state index is 10.9. The molecule has 5 heteroatoms. The quantitative estimate of drug-likeness (QED) is 0.765. The Balaban J connectivity index is 2.03. The summed E-state index contributed by atoms with van der Waals surface area (Å²) >= 11 is 1.58.